The molecule has 166 valence electrons. The van der Waals surface area contributed by atoms with Crippen LogP contribution in [0.1, 0.15) is 55.8 Å². The van der Waals surface area contributed by atoms with Crippen LogP contribution in [0.2, 0.25) is 0 Å². The Morgan fingerprint density at radius 3 is 2.50 bits per heavy atom. The molecule has 1 saturated carbocycles. The minimum absolute atomic E-state index is 0.0624. The van der Waals surface area contributed by atoms with Crippen LogP contribution in [0.15, 0.2) is 23.1 Å². The lowest BCUT2D eigenvalue weighted by Gasteiger charge is -2.29. The molecule has 0 spiro atoms. The number of ether oxygens (including phenoxy) is 2. The zero-order chi connectivity index (χ0) is 21.7. The molecular weight excluding hydrogens is 408 g/mol. The van der Waals surface area contributed by atoms with E-state index < -0.39 is 22.6 Å². The molecule has 1 amide bonds. The molecule has 2 unspecified atom stereocenters. The van der Waals surface area contributed by atoms with Crippen molar-refractivity contribution in [3.8, 4) is 5.75 Å². The van der Waals surface area contributed by atoms with E-state index in [2.05, 4.69) is 12.2 Å². The summed E-state index contributed by atoms with van der Waals surface area (Å²) >= 11 is 0. The van der Waals surface area contributed by atoms with E-state index in [1.54, 1.807) is 0 Å². The van der Waals surface area contributed by atoms with Crippen molar-refractivity contribution >= 4 is 21.9 Å². The number of sulfonamides is 1. The summed E-state index contributed by atoms with van der Waals surface area (Å²) in [6.07, 6.45) is 5.86. The molecule has 1 aliphatic heterocycles. The highest BCUT2D eigenvalue weighted by atomic mass is 32.2. The molecule has 2 fully saturated rings. The highest BCUT2D eigenvalue weighted by molar-refractivity contribution is 7.89. The number of rotatable bonds is 7. The van der Waals surface area contributed by atoms with Crippen LogP contribution in [-0.4, -0.2) is 57.4 Å². The maximum atomic E-state index is 12.9. The summed E-state index contributed by atoms with van der Waals surface area (Å²) in [5.41, 5.74) is 0.0624. The second-order valence-corrected chi connectivity index (χ2v) is 9.90. The molecule has 1 aromatic carbocycles. The largest absolute Gasteiger partial charge is 0.495 e. The van der Waals surface area contributed by atoms with E-state index in [-0.39, 0.29) is 28.2 Å². The lowest BCUT2D eigenvalue weighted by atomic mass is 9.86. The van der Waals surface area contributed by atoms with Gasteiger partial charge in [-0.3, -0.25) is 4.79 Å². The average Bonchev–Trinajstić information content (AvgIpc) is 3.29. The van der Waals surface area contributed by atoms with Crippen molar-refractivity contribution < 1.29 is 27.5 Å². The molecule has 8 nitrogen and oxygen atoms in total. The smallest absolute Gasteiger partial charge is 0.338 e. The predicted molar refractivity (Wildman–Crippen MR) is 111 cm³/mol. The van der Waals surface area contributed by atoms with E-state index in [1.807, 2.05) is 0 Å². The van der Waals surface area contributed by atoms with Crippen molar-refractivity contribution in [1.29, 1.82) is 0 Å². The summed E-state index contributed by atoms with van der Waals surface area (Å²) in [7, 11) is -2.39. The van der Waals surface area contributed by atoms with Gasteiger partial charge >= 0.3 is 5.97 Å². The second-order valence-electron chi connectivity index (χ2n) is 7.99. The van der Waals surface area contributed by atoms with Crippen molar-refractivity contribution in [1.82, 2.24) is 9.62 Å². The van der Waals surface area contributed by atoms with Crippen LogP contribution in [0, 0.1) is 5.92 Å². The summed E-state index contributed by atoms with van der Waals surface area (Å²) in [6, 6.07) is 4.23. The quantitative estimate of drug-likeness (QED) is 0.656. The van der Waals surface area contributed by atoms with E-state index in [1.165, 1.54) is 36.0 Å². The maximum absolute atomic E-state index is 12.9. The van der Waals surface area contributed by atoms with Gasteiger partial charge < -0.3 is 14.8 Å². The Labute approximate surface area is 178 Å². The minimum Gasteiger partial charge on any atom is -0.495 e. The van der Waals surface area contributed by atoms with Crippen LogP contribution in [-0.2, 0) is 19.6 Å². The third-order valence-electron chi connectivity index (χ3n) is 5.87. The number of nitrogens with zero attached hydrogens (tertiary/aromatic N) is 1. The summed E-state index contributed by atoms with van der Waals surface area (Å²) in [4.78, 5) is 24.6. The van der Waals surface area contributed by atoms with Crippen molar-refractivity contribution in [2.75, 3.05) is 26.8 Å². The molecule has 1 saturated heterocycles. The molecule has 2 aliphatic rings. The number of hydrogen-bond acceptors (Lipinski definition) is 6. The Morgan fingerprint density at radius 1 is 1.13 bits per heavy atom. The molecule has 2 atom stereocenters. The van der Waals surface area contributed by atoms with E-state index in [9.17, 15) is 18.0 Å². The first-order valence-corrected chi connectivity index (χ1v) is 11.9. The van der Waals surface area contributed by atoms with Gasteiger partial charge in [0, 0.05) is 19.1 Å². The molecule has 9 heteroatoms. The van der Waals surface area contributed by atoms with Gasteiger partial charge in [0.2, 0.25) is 10.0 Å². The number of methoxy groups -OCH3 is 1. The van der Waals surface area contributed by atoms with E-state index >= 15 is 0 Å². The van der Waals surface area contributed by atoms with Crippen LogP contribution < -0.4 is 10.1 Å². The van der Waals surface area contributed by atoms with Gasteiger partial charge in [0.1, 0.15) is 10.6 Å². The van der Waals surface area contributed by atoms with Crippen LogP contribution in [0.4, 0.5) is 0 Å². The molecule has 0 aromatic heterocycles. The van der Waals surface area contributed by atoms with Crippen LogP contribution in [0.5, 0.6) is 5.75 Å². The highest BCUT2D eigenvalue weighted by Crippen LogP contribution is 2.30. The predicted octanol–water partition coefficient (Wildman–Crippen LogP) is 2.33. The number of carbonyl (C=O) groups excluding carboxylic acids is 2. The molecular formula is C21H30N2O6S. The van der Waals surface area contributed by atoms with Gasteiger partial charge in [-0.1, -0.05) is 19.8 Å². The Morgan fingerprint density at radius 2 is 1.83 bits per heavy atom. The zero-order valence-electron chi connectivity index (χ0n) is 17.6. The van der Waals surface area contributed by atoms with Gasteiger partial charge in [0.25, 0.3) is 5.91 Å². The normalized spacial score (nSPS) is 22.5. The van der Waals surface area contributed by atoms with Gasteiger partial charge in [-0.15, -0.1) is 0 Å². The molecule has 3 rings (SSSR count). The van der Waals surface area contributed by atoms with Gasteiger partial charge in [-0.05, 0) is 49.8 Å². The minimum atomic E-state index is -3.77. The summed E-state index contributed by atoms with van der Waals surface area (Å²) in [5.74, 6) is -0.524. The van der Waals surface area contributed by atoms with Crippen molar-refractivity contribution in [3.63, 3.8) is 0 Å². The first-order chi connectivity index (χ1) is 14.3. The van der Waals surface area contributed by atoms with Crippen molar-refractivity contribution in [2.24, 2.45) is 5.92 Å². The van der Waals surface area contributed by atoms with Crippen LogP contribution in [0.25, 0.3) is 0 Å². The van der Waals surface area contributed by atoms with Crippen molar-refractivity contribution in [2.45, 2.75) is 56.4 Å². The van der Waals surface area contributed by atoms with Gasteiger partial charge in [-0.25, -0.2) is 13.2 Å². The van der Waals surface area contributed by atoms with E-state index in [4.69, 9.17) is 9.47 Å². The van der Waals surface area contributed by atoms with Gasteiger partial charge in [0.15, 0.2) is 6.61 Å². The number of esters is 1. The zero-order valence-corrected chi connectivity index (χ0v) is 18.4. The summed E-state index contributed by atoms with van der Waals surface area (Å²) < 4.78 is 37.6. The summed E-state index contributed by atoms with van der Waals surface area (Å²) in [6.45, 7) is 2.60. The number of benzene rings is 1. The molecule has 1 aromatic rings. The van der Waals surface area contributed by atoms with Gasteiger partial charge in [0.05, 0.1) is 12.7 Å². The number of hydrogen-bond donors (Lipinski definition) is 1. The lowest BCUT2D eigenvalue weighted by molar-refractivity contribution is -0.125. The Hall–Kier alpha value is -2.13. The molecule has 1 N–H and O–H groups in total. The summed E-state index contributed by atoms with van der Waals surface area (Å²) in [5, 5.41) is 2.93. The maximum Gasteiger partial charge on any atom is 0.338 e. The third kappa shape index (κ3) is 5.13. The topological polar surface area (TPSA) is 102 Å². The SMILES string of the molecule is COc1ccc(C(=O)OCC(=O)NC2CCCCC2C)cc1S(=O)(=O)N1CCCC1. The standard InChI is InChI=1S/C21H30N2O6S/c1-15-7-3-4-8-17(15)22-20(24)14-29-21(25)16-9-10-18(28-2)19(13-16)30(26,27)23-11-5-6-12-23/h9-10,13,15,17H,3-8,11-12,14H2,1-2H3,(H,22,24). The van der Waals surface area contributed by atoms with Gasteiger partial charge in [-0.2, -0.15) is 4.31 Å². The Bertz CT molecular complexity index is 879. The third-order valence-corrected chi connectivity index (χ3v) is 7.79. The number of carbonyl (C=O) groups is 2. The van der Waals surface area contributed by atoms with Crippen molar-refractivity contribution in [3.05, 3.63) is 23.8 Å². The van der Waals surface area contributed by atoms with Crippen LogP contribution >= 0.6 is 0 Å². The monoisotopic (exact) mass is 438 g/mol. The molecule has 1 aliphatic carbocycles. The average molecular weight is 439 g/mol. The molecule has 30 heavy (non-hydrogen) atoms. The number of nitrogens with one attached hydrogen (secondary N) is 1. The molecule has 1 heterocycles. The van der Waals surface area contributed by atoms with Crippen LogP contribution in [0.3, 0.4) is 0 Å². The van der Waals surface area contributed by atoms with E-state index in [0.29, 0.717) is 19.0 Å². The Kier molecular flexibility index (Phi) is 7.36. The fourth-order valence-corrected chi connectivity index (χ4v) is 5.76. The highest BCUT2D eigenvalue weighted by Gasteiger charge is 2.31. The lowest BCUT2D eigenvalue weighted by Crippen LogP contribution is -2.42. The second kappa shape index (κ2) is 9.78. The molecule has 0 radical (unpaired) electrons. The van der Waals surface area contributed by atoms with E-state index in [0.717, 1.165) is 32.1 Å². The first kappa shape index (κ1) is 22.6. The molecule has 0 bridgehead atoms. The fourth-order valence-electron chi connectivity index (χ4n) is 4.07. The fraction of sp³-hybridized carbons (Fsp3) is 0.619. The number of amides is 1. The first-order valence-electron chi connectivity index (χ1n) is 10.5. The Balaban J connectivity index is 1.66.